The minimum absolute atomic E-state index is 0.0673. The first-order valence-corrected chi connectivity index (χ1v) is 11.6. The monoisotopic (exact) mass is 448 g/mol. The Morgan fingerprint density at radius 2 is 1.64 bits per heavy atom. The third kappa shape index (κ3) is 3.56. The molecule has 2 amide bonds. The molecule has 172 valence electrons. The quantitative estimate of drug-likeness (QED) is 0.726. The van der Waals surface area contributed by atoms with Crippen LogP contribution in [0, 0.1) is 5.92 Å². The maximum Gasteiger partial charge on any atom is 0.407 e. The van der Waals surface area contributed by atoms with E-state index in [1.807, 2.05) is 36.4 Å². The molecule has 2 aromatic rings. The Bertz CT molecular complexity index is 1060. The van der Waals surface area contributed by atoms with Gasteiger partial charge in [0.2, 0.25) is 5.91 Å². The van der Waals surface area contributed by atoms with Crippen molar-refractivity contribution in [3.8, 4) is 11.1 Å². The molecule has 7 heteroatoms. The van der Waals surface area contributed by atoms with Gasteiger partial charge >= 0.3 is 12.1 Å². The van der Waals surface area contributed by atoms with Crippen LogP contribution in [0.2, 0.25) is 0 Å². The number of piperidine rings is 2. The lowest BCUT2D eigenvalue weighted by molar-refractivity contribution is -0.171. The molecule has 0 aromatic heterocycles. The molecule has 2 aliphatic carbocycles. The Morgan fingerprint density at radius 1 is 1.06 bits per heavy atom. The number of fused-ring (bicyclic) bond motifs is 6. The molecule has 2 aliphatic heterocycles. The Balaban J connectivity index is 1.24. The number of nitrogens with one attached hydrogen (secondary N) is 1. The van der Waals surface area contributed by atoms with Crippen LogP contribution in [-0.4, -0.2) is 52.7 Å². The van der Waals surface area contributed by atoms with Crippen molar-refractivity contribution in [1.82, 2.24) is 10.2 Å². The molecule has 3 fully saturated rings. The molecule has 2 aromatic carbocycles. The molecule has 33 heavy (non-hydrogen) atoms. The number of alkyl carbamates (subject to hydrolysis) is 1. The highest BCUT2D eigenvalue weighted by molar-refractivity contribution is 5.91. The van der Waals surface area contributed by atoms with Gasteiger partial charge in [0.05, 0.1) is 0 Å². The van der Waals surface area contributed by atoms with Crippen LogP contribution in [0.3, 0.4) is 0 Å². The fourth-order valence-electron chi connectivity index (χ4n) is 5.78. The average molecular weight is 449 g/mol. The van der Waals surface area contributed by atoms with E-state index in [4.69, 9.17) is 4.74 Å². The summed E-state index contributed by atoms with van der Waals surface area (Å²) in [4.78, 5) is 39.2. The van der Waals surface area contributed by atoms with Gasteiger partial charge in [0.1, 0.15) is 18.2 Å². The number of amides is 2. The second kappa shape index (κ2) is 8.21. The van der Waals surface area contributed by atoms with E-state index < -0.39 is 23.6 Å². The van der Waals surface area contributed by atoms with Crippen LogP contribution in [0.25, 0.3) is 11.1 Å². The van der Waals surface area contributed by atoms with Gasteiger partial charge in [0.15, 0.2) is 0 Å². The molecule has 1 saturated carbocycles. The standard InChI is InChI=1S/C26H28N2O5/c1-16(23(29)28-14-17-10-12-26(28,13-11-17)24(30)31)27-25(32)33-15-22-20-8-4-2-6-18(20)19-7-3-5-9-21(19)22/h2-9,16-17,22H,10-15H2,1H3,(H,27,32)(H,30,31). The summed E-state index contributed by atoms with van der Waals surface area (Å²) >= 11 is 0. The van der Waals surface area contributed by atoms with Gasteiger partial charge < -0.3 is 20.1 Å². The normalized spacial score (nSPS) is 24.0. The van der Waals surface area contributed by atoms with Crippen molar-refractivity contribution >= 4 is 18.0 Å². The van der Waals surface area contributed by atoms with E-state index in [0.29, 0.717) is 25.3 Å². The summed E-state index contributed by atoms with van der Waals surface area (Å²) < 4.78 is 5.55. The number of carboxylic acids is 1. The Labute approximate surface area is 192 Å². The minimum atomic E-state index is -1.15. The van der Waals surface area contributed by atoms with E-state index in [-0.39, 0.29) is 18.4 Å². The zero-order chi connectivity index (χ0) is 23.2. The predicted octanol–water partition coefficient (Wildman–Crippen LogP) is 3.77. The number of nitrogens with zero attached hydrogens (tertiary/aromatic N) is 1. The minimum Gasteiger partial charge on any atom is -0.479 e. The number of rotatable bonds is 5. The zero-order valence-corrected chi connectivity index (χ0v) is 18.6. The topological polar surface area (TPSA) is 95.9 Å². The summed E-state index contributed by atoms with van der Waals surface area (Å²) in [7, 11) is 0. The smallest absolute Gasteiger partial charge is 0.407 e. The fourth-order valence-corrected chi connectivity index (χ4v) is 5.78. The summed E-state index contributed by atoms with van der Waals surface area (Å²) in [6.07, 6.45) is 1.91. The van der Waals surface area contributed by atoms with Crippen LogP contribution >= 0.6 is 0 Å². The highest BCUT2D eigenvalue weighted by Gasteiger charge is 2.54. The second-order valence-electron chi connectivity index (χ2n) is 9.42. The molecule has 1 unspecified atom stereocenters. The van der Waals surface area contributed by atoms with Gasteiger partial charge in [-0.15, -0.1) is 0 Å². The van der Waals surface area contributed by atoms with E-state index >= 15 is 0 Å². The van der Waals surface area contributed by atoms with Gasteiger partial charge in [-0.25, -0.2) is 9.59 Å². The molecule has 6 rings (SSSR count). The summed E-state index contributed by atoms with van der Waals surface area (Å²) in [6.45, 7) is 2.18. The first kappa shape index (κ1) is 21.5. The zero-order valence-electron chi connectivity index (χ0n) is 18.6. The maximum absolute atomic E-state index is 13.1. The molecule has 1 atom stereocenters. The highest BCUT2D eigenvalue weighted by Crippen LogP contribution is 2.45. The van der Waals surface area contributed by atoms with Crippen LogP contribution in [-0.2, 0) is 14.3 Å². The number of carbonyl (C=O) groups is 3. The van der Waals surface area contributed by atoms with Crippen LogP contribution in [0.1, 0.15) is 49.7 Å². The van der Waals surface area contributed by atoms with Crippen molar-refractivity contribution in [1.29, 1.82) is 0 Å². The van der Waals surface area contributed by atoms with Crippen molar-refractivity contribution in [3.05, 3.63) is 59.7 Å². The van der Waals surface area contributed by atoms with Crippen molar-refractivity contribution < 1.29 is 24.2 Å². The molecule has 4 aliphatic rings. The third-order valence-electron chi connectivity index (χ3n) is 7.60. The molecule has 2 heterocycles. The van der Waals surface area contributed by atoms with Gasteiger partial charge in [-0.3, -0.25) is 4.79 Å². The van der Waals surface area contributed by atoms with Gasteiger partial charge in [0, 0.05) is 12.5 Å². The van der Waals surface area contributed by atoms with Crippen molar-refractivity contribution in [2.75, 3.05) is 13.2 Å². The van der Waals surface area contributed by atoms with Crippen molar-refractivity contribution in [2.24, 2.45) is 5.92 Å². The number of carboxylic acid groups (broad SMARTS) is 1. The third-order valence-corrected chi connectivity index (χ3v) is 7.60. The molecule has 2 N–H and O–H groups in total. The average Bonchev–Trinajstić information content (AvgIpc) is 3.16. The van der Waals surface area contributed by atoms with Gasteiger partial charge in [0.25, 0.3) is 0 Å². The Morgan fingerprint density at radius 3 is 2.21 bits per heavy atom. The van der Waals surface area contributed by atoms with E-state index in [1.54, 1.807) is 6.92 Å². The maximum atomic E-state index is 13.1. The van der Waals surface area contributed by atoms with E-state index in [2.05, 4.69) is 17.4 Å². The van der Waals surface area contributed by atoms with E-state index in [1.165, 1.54) is 4.90 Å². The lowest BCUT2D eigenvalue weighted by Crippen LogP contribution is -2.66. The molecule has 0 spiro atoms. The van der Waals surface area contributed by atoms with Crippen molar-refractivity contribution in [2.45, 2.75) is 50.1 Å². The molecule has 0 radical (unpaired) electrons. The Hall–Kier alpha value is -3.35. The van der Waals surface area contributed by atoms with Crippen LogP contribution in [0.4, 0.5) is 4.79 Å². The first-order valence-electron chi connectivity index (χ1n) is 11.6. The number of carbonyl (C=O) groups excluding carboxylic acids is 2. The lowest BCUT2D eigenvalue weighted by atomic mass is 9.70. The number of aliphatic carboxylic acids is 1. The van der Waals surface area contributed by atoms with Crippen LogP contribution < -0.4 is 5.32 Å². The van der Waals surface area contributed by atoms with E-state index in [9.17, 15) is 19.5 Å². The molecular formula is C26H28N2O5. The summed E-state index contributed by atoms with van der Waals surface area (Å²) in [5.74, 6) is -1.06. The Kier molecular flexibility index (Phi) is 5.35. The van der Waals surface area contributed by atoms with Gasteiger partial charge in [-0.1, -0.05) is 48.5 Å². The molecule has 2 bridgehead atoms. The first-order chi connectivity index (χ1) is 15.9. The van der Waals surface area contributed by atoms with E-state index in [0.717, 1.165) is 35.1 Å². The SMILES string of the molecule is CC(NC(=O)OCC1c2ccccc2-c2ccccc21)C(=O)N1CC2CCC1(C(=O)O)CC2. The van der Waals surface area contributed by atoms with Crippen molar-refractivity contribution in [3.63, 3.8) is 0 Å². The number of ether oxygens (including phenoxy) is 1. The summed E-state index contributed by atoms with van der Waals surface area (Å²) in [5, 5.41) is 12.5. The lowest BCUT2D eigenvalue weighted by Gasteiger charge is -2.52. The van der Waals surface area contributed by atoms with Gasteiger partial charge in [-0.2, -0.15) is 0 Å². The highest BCUT2D eigenvalue weighted by atomic mass is 16.5. The summed E-state index contributed by atoms with van der Waals surface area (Å²) in [6, 6.07) is 15.3. The van der Waals surface area contributed by atoms with Gasteiger partial charge in [-0.05, 0) is 60.8 Å². The predicted molar refractivity (Wildman–Crippen MR) is 122 cm³/mol. The second-order valence-corrected chi connectivity index (χ2v) is 9.42. The fraction of sp³-hybridized carbons (Fsp3) is 0.423. The van der Waals surface area contributed by atoms with Crippen LogP contribution in [0.15, 0.2) is 48.5 Å². The molecule has 2 saturated heterocycles. The number of benzene rings is 2. The van der Waals surface area contributed by atoms with Crippen LogP contribution in [0.5, 0.6) is 0 Å². The number of hydrogen-bond donors (Lipinski definition) is 2. The molecular weight excluding hydrogens is 420 g/mol. The summed E-state index contributed by atoms with van der Waals surface area (Å²) in [5.41, 5.74) is 3.37. The molecule has 7 nitrogen and oxygen atoms in total. The largest absolute Gasteiger partial charge is 0.479 e. The number of hydrogen-bond acceptors (Lipinski definition) is 4.